The van der Waals surface area contributed by atoms with Crippen molar-refractivity contribution in [3.63, 3.8) is 0 Å². The zero-order valence-corrected chi connectivity index (χ0v) is 14.8. The molecule has 2 aromatic carbocycles. The van der Waals surface area contributed by atoms with Crippen LogP contribution < -0.4 is 10.2 Å². The summed E-state index contributed by atoms with van der Waals surface area (Å²) in [5.74, 6) is -0.202. The minimum absolute atomic E-state index is 0.0345. The molecule has 0 atom stereocenters. The number of nitrogens with zero attached hydrogens (tertiary/aromatic N) is 1. The van der Waals surface area contributed by atoms with E-state index in [4.69, 9.17) is 0 Å². The number of carbonyl (C=O) groups is 1. The van der Waals surface area contributed by atoms with Gasteiger partial charge >= 0.3 is 6.03 Å². The molecule has 132 valence electrons. The van der Waals surface area contributed by atoms with Gasteiger partial charge in [0.05, 0.1) is 26.2 Å². The topological polar surface area (TPSA) is 36.8 Å². The number of piperazine rings is 1. The standard InChI is InChI=1S/C20H24FN3O/c1-15-3-8-19(16(2)13-15)22-20(25)24-11-9-23(10-12-24)14-17-4-6-18(21)7-5-17/h3-8,13H,9-12,14H2,1-2H3,(H,22,25)/p+1. The van der Waals surface area contributed by atoms with Crippen LogP contribution in [0.25, 0.3) is 0 Å². The molecule has 1 aliphatic rings. The average molecular weight is 342 g/mol. The highest BCUT2D eigenvalue weighted by Gasteiger charge is 2.24. The second-order valence-corrected chi connectivity index (χ2v) is 6.79. The third kappa shape index (κ3) is 4.57. The fourth-order valence-corrected chi connectivity index (χ4v) is 3.24. The van der Waals surface area contributed by atoms with Crippen molar-refractivity contribution in [1.82, 2.24) is 4.90 Å². The molecule has 1 fully saturated rings. The van der Waals surface area contributed by atoms with Gasteiger partial charge in [0, 0.05) is 11.3 Å². The summed E-state index contributed by atoms with van der Waals surface area (Å²) >= 11 is 0. The Morgan fingerprint density at radius 3 is 2.44 bits per heavy atom. The number of nitrogens with one attached hydrogen (secondary N) is 2. The number of quaternary nitrogens is 1. The highest BCUT2D eigenvalue weighted by molar-refractivity contribution is 5.90. The van der Waals surface area contributed by atoms with Gasteiger partial charge < -0.3 is 15.1 Å². The lowest BCUT2D eigenvalue weighted by molar-refractivity contribution is -0.917. The average Bonchev–Trinajstić information content (AvgIpc) is 2.60. The molecule has 0 unspecified atom stereocenters. The Hall–Kier alpha value is -2.40. The third-order valence-electron chi connectivity index (χ3n) is 4.75. The summed E-state index contributed by atoms with van der Waals surface area (Å²) in [4.78, 5) is 15.8. The summed E-state index contributed by atoms with van der Waals surface area (Å²) in [7, 11) is 0. The van der Waals surface area contributed by atoms with Crippen LogP contribution in [0.3, 0.4) is 0 Å². The number of benzene rings is 2. The molecule has 4 nitrogen and oxygen atoms in total. The second kappa shape index (κ2) is 7.66. The van der Waals surface area contributed by atoms with E-state index in [1.165, 1.54) is 22.6 Å². The van der Waals surface area contributed by atoms with Crippen LogP contribution >= 0.6 is 0 Å². The Bertz CT molecular complexity index is 737. The van der Waals surface area contributed by atoms with Crippen LogP contribution in [0, 0.1) is 19.7 Å². The van der Waals surface area contributed by atoms with Gasteiger partial charge in [-0.25, -0.2) is 9.18 Å². The van der Waals surface area contributed by atoms with E-state index >= 15 is 0 Å². The van der Waals surface area contributed by atoms with Gasteiger partial charge in [0.15, 0.2) is 0 Å². The molecule has 0 bridgehead atoms. The van der Waals surface area contributed by atoms with Crippen LogP contribution in [0.4, 0.5) is 14.9 Å². The zero-order valence-electron chi connectivity index (χ0n) is 14.8. The van der Waals surface area contributed by atoms with E-state index in [1.54, 1.807) is 0 Å². The first kappa shape index (κ1) is 17.4. The smallest absolute Gasteiger partial charge is 0.322 e. The maximum absolute atomic E-state index is 13.0. The lowest BCUT2D eigenvalue weighted by Gasteiger charge is -2.32. The van der Waals surface area contributed by atoms with Crippen LogP contribution in [0.1, 0.15) is 16.7 Å². The van der Waals surface area contributed by atoms with E-state index in [2.05, 4.69) is 11.4 Å². The molecule has 2 N–H and O–H groups in total. The first-order valence-corrected chi connectivity index (χ1v) is 8.72. The predicted molar refractivity (Wildman–Crippen MR) is 97.3 cm³/mol. The van der Waals surface area contributed by atoms with E-state index in [0.29, 0.717) is 0 Å². The molecular formula is C20H25FN3O+. The van der Waals surface area contributed by atoms with Crippen molar-refractivity contribution in [2.45, 2.75) is 20.4 Å². The van der Waals surface area contributed by atoms with E-state index in [0.717, 1.165) is 49.5 Å². The summed E-state index contributed by atoms with van der Waals surface area (Å²) < 4.78 is 13.0. The number of aryl methyl sites for hydroxylation is 2. The fraction of sp³-hybridized carbons (Fsp3) is 0.350. The molecule has 5 heteroatoms. The van der Waals surface area contributed by atoms with Crippen molar-refractivity contribution in [1.29, 1.82) is 0 Å². The van der Waals surface area contributed by atoms with Crippen molar-refractivity contribution < 1.29 is 14.1 Å². The van der Waals surface area contributed by atoms with Gasteiger partial charge in [0.2, 0.25) is 0 Å². The molecule has 3 rings (SSSR count). The second-order valence-electron chi connectivity index (χ2n) is 6.79. The van der Waals surface area contributed by atoms with Gasteiger partial charge in [-0.3, -0.25) is 0 Å². The zero-order chi connectivity index (χ0) is 17.8. The number of hydrogen-bond donors (Lipinski definition) is 2. The first-order chi connectivity index (χ1) is 12.0. The number of amides is 2. The quantitative estimate of drug-likeness (QED) is 0.883. The van der Waals surface area contributed by atoms with Crippen LogP contribution in [0.5, 0.6) is 0 Å². The summed E-state index contributed by atoms with van der Waals surface area (Å²) in [5.41, 5.74) is 4.27. The Balaban J connectivity index is 1.51. The number of anilines is 1. The fourth-order valence-electron chi connectivity index (χ4n) is 3.24. The van der Waals surface area contributed by atoms with Crippen LogP contribution in [0.2, 0.25) is 0 Å². The van der Waals surface area contributed by atoms with Gasteiger partial charge in [-0.2, -0.15) is 0 Å². The van der Waals surface area contributed by atoms with Gasteiger partial charge in [0.25, 0.3) is 0 Å². The minimum Gasteiger partial charge on any atom is -0.328 e. The number of carbonyl (C=O) groups excluding carboxylic acids is 1. The van der Waals surface area contributed by atoms with E-state index in [-0.39, 0.29) is 11.8 Å². The van der Waals surface area contributed by atoms with Crippen molar-refractivity contribution in [3.8, 4) is 0 Å². The van der Waals surface area contributed by atoms with E-state index < -0.39 is 0 Å². The molecule has 0 spiro atoms. The van der Waals surface area contributed by atoms with Gasteiger partial charge in [0.1, 0.15) is 12.4 Å². The van der Waals surface area contributed by atoms with Crippen LogP contribution in [0.15, 0.2) is 42.5 Å². The van der Waals surface area contributed by atoms with Gasteiger partial charge in [-0.1, -0.05) is 29.8 Å². The molecule has 0 saturated carbocycles. The largest absolute Gasteiger partial charge is 0.328 e. The van der Waals surface area contributed by atoms with Crippen molar-refractivity contribution in [2.75, 3.05) is 31.5 Å². The molecule has 2 amide bonds. The molecule has 0 aliphatic carbocycles. The Labute approximate surface area is 148 Å². The van der Waals surface area contributed by atoms with Crippen LogP contribution in [-0.4, -0.2) is 37.1 Å². The van der Waals surface area contributed by atoms with Crippen molar-refractivity contribution in [2.24, 2.45) is 0 Å². The Morgan fingerprint density at radius 1 is 1.12 bits per heavy atom. The normalized spacial score (nSPS) is 15.2. The number of halogens is 1. The lowest BCUT2D eigenvalue weighted by atomic mass is 10.1. The van der Waals surface area contributed by atoms with Crippen molar-refractivity contribution in [3.05, 3.63) is 65.0 Å². The first-order valence-electron chi connectivity index (χ1n) is 8.72. The molecule has 1 heterocycles. The lowest BCUT2D eigenvalue weighted by Crippen LogP contribution is -3.13. The summed E-state index contributed by atoms with van der Waals surface area (Å²) in [6.45, 7) is 8.18. The summed E-state index contributed by atoms with van der Waals surface area (Å²) in [6.07, 6.45) is 0. The highest BCUT2D eigenvalue weighted by Crippen LogP contribution is 2.16. The predicted octanol–water partition coefficient (Wildman–Crippen LogP) is 2.38. The molecule has 0 radical (unpaired) electrons. The van der Waals surface area contributed by atoms with Gasteiger partial charge in [-0.15, -0.1) is 0 Å². The molecule has 0 aromatic heterocycles. The summed E-state index contributed by atoms with van der Waals surface area (Å²) in [6, 6.07) is 12.7. The van der Waals surface area contributed by atoms with Gasteiger partial charge in [-0.05, 0) is 37.6 Å². The monoisotopic (exact) mass is 342 g/mol. The molecule has 25 heavy (non-hydrogen) atoms. The minimum atomic E-state index is -0.202. The summed E-state index contributed by atoms with van der Waals surface area (Å²) in [5, 5.41) is 3.01. The van der Waals surface area contributed by atoms with E-state index in [9.17, 15) is 9.18 Å². The van der Waals surface area contributed by atoms with Crippen molar-refractivity contribution >= 4 is 11.7 Å². The Morgan fingerprint density at radius 2 is 1.80 bits per heavy atom. The maximum atomic E-state index is 13.0. The number of rotatable bonds is 3. The Kier molecular flexibility index (Phi) is 5.34. The SMILES string of the molecule is Cc1ccc(NC(=O)N2CC[NH+](Cc3ccc(F)cc3)CC2)c(C)c1. The molecule has 2 aromatic rings. The molecule has 1 saturated heterocycles. The highest BCUT2D eigenvalue weighted by atomic mass is 19.1. The third-order valence-corrected chi connectivity index (χ3v) is 4.75. The molecular weight excluding hydrogens is 317 g/mol. The van der Waals surface area contributed by atoms with Crippen LogP contribution in [-0.2, 0) is 6.54 Å². The molecule has 1 aliphatic heterocycles. The van der Waals surface area contributed by atoms with E-state index in [1.807, 2.05) is 43.0 Å². The maximum Gasteiger partial charge on any atom is 0.322 e. The number of urea groups is 1. The number of hydrogen-bond acceptors (Lipinski definition) is 1.